The van der Waals surface area contributed by atoms with Gasteiger partial charge in [0.25, 0.3) is 0 Å². The zero-order valence-corrected chi connectivity index (χ0v) is 15.8. The van der Waals surface area contributed by atoms with Crippen molar-refractivity contribution in [2.24, 2.45) is 11.8 Å². The SMILES string of the molecule is Cc1cccc(NC(=O)C2CCC(C(=O)NC3CCS(=O)(=O)C3)CC2)c1. The molecule has 1 saturated carbocycles. The minimum absolute atomic E-state index is 0.0105. The van der Waals surface area contributed by atoms with Gasteiger partial charge < -0.3 is 10.6 Å². The number of rotatable bonds is 4. The Balaban J connectivity index is 1.46. The molecule has 26 heavy (non-hydrogen) atoms. The first-order chi connectivity index (χ1) is 12.3. The van der Waals surface area contributed by atoms with Crippen LogP contribution in [-0.2, 0) is 19.4 Å². The largest absolute Gasteiger partial charge is 0.352 e. The molecule has 1 aliphatic carbocycles. The maximum atomic E-state index is 12.4. The fourth-order valence-corrected chi connectivity index (χ4v) is 5.49. The maximum Gasteiger partial charge on any atom is 0.227 e. The van der Waals surface area contributed by atoms with Crippen molar-refractivity contribution < 1.29 is 18.0 Å². The average molecular weight is 378 g/mol. The maximum absolute atomic E-state index is 12.4. The summed E-state index contributed by atoms with van der Waals surface area (Å²) >= 11 is 0. The first kappa shape index (κ1) is 18.9. The van der Waals surface area contributed by atoms with Gasteiger partial charge in [-0.15, -0.1) is 0 Å². The molecular weight excluding hydrogens is 352 g/mol. The number of hydrogen-bond donors (Lipinski definition) is 2. The van der Waals surface area contributed by atoms with Gasteiger partial charge >= 0.3 is 0 Å². The first-order valence-corrected chi connectivity index (χ1v) is 11.0. The van der Waals surface area contributed by atoms with Crippen LogP contribution in [0, 0.1) is 18.8 Å². The Hall–Kier alpha value is -1.89. The van der Waals surface area contributed by atoms with Crippen LogP contribution in [0.25, 0.3) is 0 Å². The second-order valence-corrected chi connectivity index (χ2v) is 9.74. The minimum Gasteiger partial charge on any atom is -0.352 e. The van der Waals surface area contributed by atoms with E-state index in [9.17, 15) is 18.0 Å². The van der Waals surface area contributed by atoms with E-state index < -0.39 is 9.84 Å². The molecule has 2 amide bonds. The molecule has 1 aliphatic heterocycles. The van der Waals surface area contributed by atoms with E-state index in [1.165, 1.54) is 0 Å². The zero-order chi connectivity index (χ0) is 18.7. The molecule has 1 heterocycles. The number of sulfone groups is 1. The number of carbonyl (C=O) groups excluding carboxylic acids is 2. The lowest BCUT2D eigenvalue weighted by atomic mass is 9.81. The molecule has 2 fully saturated rings. The molecular formula is C19H26N2O4S. The van der Waals surface area contributed by atoms with Crippen molar-refractivity contribution in [2.45, 2.75) is 45.1 Å². The van der Waals surface area contributed by atoms with Gasteiger partial charge in [0.05, 0.1) is 11.5 Å². The van der Waals surface area contributed by atoms with Crippen LogP contribution in [0.1, 0.15) is 37.7 Å². The number of amides is 2. The number of benzene rings is 1. The molecule has 1 saturated heterocycles. The van der Waals surface area contributed by atoms with E-state index in [4.69, 9.17) is 0 Å². The predicted octanol–water partition coefficient (Wildman–Crippen LogP) is 2.04. The highest BCUT2D eigenvalue weighted by Crippen LogP contribution is 2.30. The van der Waals surface area contributed by atoms with Crippen LogP contribution in [0.5, 0.6) is 0 Å². The Labute approximate surface area is 154 Å². The quantitative estimate of drug-likeness (QED) is 0.839. The summed E-state index contributed by atoms with van der Waals surface area (Å²) < 4.78 is 23.0. The van der Waals surface area contributed by atoms with E-state index in [0.29, 0.717) is 32.1 Å². The smallest absolute Gasteiger partial charge is 0.227 e. The summed E-state index contributed by atoms with van der Waals surface area (Å²) in [4.78, 5) is 24.8. The zero-order valence-electron chi connectivity index (χ0n) is 15.0. The molecule has 0 radical (unpaired) electrons. The van der Waals surface area contributed by atoms with Crippen LogP contribution < -0.4 is 10.6 Å². The summed E-state index contributed by atoms with van der Waals surface area (Å²) in [6, 6.07) is 7.45. The third-order valence-corrected chi connectivity index (χ3v) is 7.10. The van der Waals surface area contributed by atoms with Crippen molar-refractivity contribution in [1.82, 2.24) is 5.32 Å². The molecule has 3 rings (SSSR count). The topological polar surface area (TPSA) is 92.3 Å². The highest BCUT2D eigenvalue weighted by molar-refractivity contribution is 7.91. The van der Waals surface area contributed by atoms with Crippen LogP contribution in [0.4, 0.5) is 5.69 Å². The van der Waals surface area contributed by atoms with E-state index in [-0.39, 0.29) is 41.2 Å². The second kappa shape index (κ2) is 7.78. The monoisotopic (exact) mass is 378 g/mol. The molecule has 2 aliphatic rings. The van der Waals surface area contributed by atoms with Gasteiger partial charge in [0, 0.05) is 23.6 Å². The summed E-state index contributed by atoms with van der Waals surface area (Å²) in [5.74, 6) is -0.0506. The lowest BCUT2D eigenvalue weighted by Gasteiger charge is -2.28. The molecule has 142 valence electrons. The summed E-state index contributed by atoms with van der Waals surface area (Å²) in [6.07, 6.45) is 3.19. The lowest BCUT2D eigenvalue weighted by Crippen LogP contribution is -2.41. The minimum atomic E-state index is -2.99. The molecule has 1 atom stereocenters. The highest BCUT2D eigenvalue weighted by atomic mass is 32.2. The first-order valence-electron chi connectivity index (χ1n) is 9.21. The van der Waals surface area contributed by atoms with Crippen LogP contribution in [0.15, 0.2) is 24.3 Å². The third-order valence-electron chi connectivity index (χ3n) is 5.33. The van der Waals surface area contributed by atoms with E-state index in [1.54, 1.807) is 0 Å². The molecule has 0 spiro atoms. The molecule has 2 N–H and O–H groups in total. The van der Waals surface area contributed by atoms with Gasteiger partial charge in [0.15, 0.2) is 9.84 Å². The second-order valence-electron chi connectivity index (χ2n) is 7.52. The van der Waals surface area contributed by atoms with Crippen LogP contribution in [0.2, 0.25) is 0 Å². The van der Waals surface area contributed by atoms with Crippen molar-refractivity contribution in [1.29, 1.82) is 0 Å². The summed E-state index contributed by atoms with van der Waals surface area (Å²) in [5, 5.41) is 5.83. The fraction of sp³-hybridized carbons (Fsp3) is 0.579. The molecule has 6 nitrogen and oxygen atoms in total. The van der Waals surface area contributed by atoms with Crippen molar-refractivity contribution >= 4 is 27.3 Å². The Morgan fingerprint density at radius 2 is 1.65 bits per heavy atom. The van der Waals surface area contributed by atoms with E-state index in [0.717, 1.165) is 11.3 Å². The van der Waals surface area contributed by atoms with Crippen LogP contribution in [-0.4, -0.2) is 37.8 Å². The summed E-state index contributed by atoms with van der Waals surface area (Å²) in [7, 11) is -2.99. The number of nitrogens with one attached hydrogen (secondary N) is 2. The number of aryl methyl sites for hydroxylation is 1. The highest BCUT2D eigenvalue weighted by Gasteiger charge is 2.33. The van der Waals surface area contributed by atoms with Gasteiger partial charge in [-0.25, -0.2) is 8.42 Å². The fourth-order valence-electron chi connectivity index (χ4n) is 3.81. The average Bonchev–Trinajstić information content (AvgIpc) is 2.93. The van der Waals surface area contributed by atoms with Crippen LogP contribution in [0.3, 0.4) is 0 Å². The van der Waals surface area contributed by atoms with Gasteiger partial charge in [-0.05, 0) is 56.7 Å². The summed E-state index contributed by atoms with van der Waals surface area (Å²) in [5.41, 5.74) is 1.90. The van der Waals surface area contributed by atoms with Gasteiger partial charge in [-0.1, -0.05) is 12.1 Å². The molecule has 1 aromatic rings. The molecule has 0 aromatic heterocycles. The van der Waals surface area contributed by atoms with Crippen molar-refractivity contribution in [3.63, 3.8) is 0 Å². The number of hydrogen-bond acceptors (Lipinski definition) is 4. The number of anilines is 1. The van der Waals surface area contributed by atoms with Gasteiger partial charge in [0.2, 0.25) is 11.8 Å². The molecule has 1 unspecified atom stereocenters. The van der Waals surface area contributed by atoms with Crippen molar-refractivity contribution in [2.75, 3.05) is 16.8 Å². The predicted molar refractivity (Wildman–Crippen MR) is 100 cm³/mol. The van der Waals surface area contributed by atoms with Gasteiger partial charge in [-0.2, -0.15) is 0 Å². The third kappa shape index (κ3) is 4.84. The van der Waals surface area contributed by atoms with E-state index in [1.807, 2.05) is 31.2 Å². The number of carbonyl (C=O) groups is 2. The van der Waals surface area contributed by atoms with Crippen molar-refractivity contribution in [3.05, 3.63) is 29.8 Å². The standard InChI is InChI=1S/C19H26N2O4S/c1-13-3-2-4-16(11-13)20-18(22)14-5-7-15(8-6-14)19(23)21-17-9-10-26(24,25)12-17/h2-4,11,14-15,17H,5-10,12H2,1H3,(H,20,22)(H,21,23). The van der Waals surface area contributed by atoms with E-state index >= 15 is 0 Å². The van der Waals surface area contributed by atoms with Crippen molar-refractivity contribution in [3.8, 4) is 0 Å². The Morgan fingerprint density at radius 3 is 2.23 bits per heavy atom. The molecule has 1 aromatic carbocycles. The Bertz CT molecular complexity index is 782. The van der Waals surface area contributed by atoms with Gasteiger partial charge in [0.1, 0.15) is 0 Å². The van der Waals surface area contributed by atoms with Crippen LogP contribution >= 0.6 is 0 Å². The van der Waals surface area contributed by atoms with Gasteiger partial charge in [-0.3, -0.25) is 9.59 Å². The molecule has 7 heteroatoms. The molecule has 0 bridgehead atoms. The normalized spacial score (nSPS) is 27.7. The lowest BCUT2D eigenvalue weighted by molar-refractivity contribution is -0.129. The van der Waals surface area contributed by atoms with E-state index in [2.05, 4.69) is 10.6 Å². The Morgan fingerprint density at radius 1 is 1.00 bits per heavy atom. The Kier molecular flexibility index (Phi) is 5.65. The summed E-state index contributed by atoms with van der Waals surface area (Å²) in [6.45, 7) is 1.98.